The van der Waals surface area contributed by atoms with Gasteiger partial charge in [0.05, 0.1) is 17.4 Å². The lowest BCUT2D eigenvalue weighted by molar-refractivity contribution is 0.510. The fourth-order valence-corrected chi connectivity index (χ4v) is 1.31. The van der Waals surface area contributed by atoms with Gasteiger partial charge in [-0.15, -0.1) is 0 Å². The number of aryl methyl sites for hydroxylation is 1. The Morgan fingerprint density at radius 3 is 2.69 bits per heavy atom. The normalized spacial score (nSPS) is 11.0. The fourth-order valence-electron chi connectivity index (χ4n) is 1.31. The summed E-state index contributed by atoms with van der Waals surface area (Å²) in [5.41, 5.74) is 1.11. The van der Waals surface area contributed by atoms with Crippen LogP contribution in [0.25, 0.3) is 11.0 Å². The average molecular weight is 182 g/mol. The van der Waals surface area contributed by atoms with Crippen LogP contribution in [0.4, 0.5) is 8.78 Å². The molecule has 2 nitrogen and oxygen atoms in total. The predicted octanol–water partition coefficient (Wildman–Crippen LogP) is 2.33. The van der Waals surface area contributed by atoms with Crippen LogP contribution < -0.4 is 0 Å². The second-order valence-corrected chi connectivity index (χ2v) is 2.79. The zero-order valence-electron chi connectivity index (χ0n) is 7.09. The average Bonchev–Trinajstić information content (AvgIpc) is 2.48. The molecule has 0 radical (unpaired) electrons. The van der Waals surface area contributed by atoms with Crippen molar-refractivity contribution in [2.45, 2.75) is 13.5 Å². The van der Waals surface area contributed by atoms with Crippen LogP contribution in [0, 0.1) is 11.6 Å². The molecule has 1 aromatic carbocycles. The fraction of sp³-hybridized carbons (Fsp3) is 0.222. The van der Waals surface area contributed by atoms with Gasteiger partial charge in [0.15, 0.2) is 11.6 Å². The number of hydrogen-bond acceptors (Lipinski definition) is 1. The van der Waals surface area contributed by atoms with Crippen LogP contribution in [-0.4, -0.2) is 9.55 Å². The third-order valence-corrected chi connectivity index (χ3v) is 2.00. The molecule has 0 saturated carbocycles. The molecule has 0 fully saturated rings. The number of nitrogens with zero attached hydrogens (tertiary/aromatic N) is 2. The molecule has 68 valence electrons. The number of hydrogen-bond donors (Lipinski definition) is 0. The Balaban J connectivity index is 2.77. The van der Waals surface area contributed by atoms with Gasteiger partial charge in [0.1, 0.15) is 0 Å². The van der Waals surface area contributed by atoms with Crippen molar-refractivity contribution >= 4 is 11.0 Å². The minimum Gasteiger partial charge on any atom is -0.331 e. The smallest absolute Gasteiger partial charge is 0.161 e. The topological polar surface area (TPSA) is 17.8 Å². The van der Waals surface area contributed by atoms with Crippen molar-refractivity contribution in [2.24, 2.45) is 0 Å². The molecule has 2 rings (SSSR count). The third-order valence-electron chi connectivity index (χ3n) is 2.00. The molecule has 0 aliphatic rings. The molecule has 0 unspecified atom stereocenters. The largest absolute Gasteiger partial charge is 0.331 e. The van der Waals surface area contributed by atoms with Crippen LogP contribution in [0.15, 0.2) is 18.5 Å². The molecule has 1 heterocycles. The molecule has 0 saturated heterocycles. The van der Waals surface area contributed by atoms with Gasteiger partial charge in [-0.1, -0.05) is 0 Å². The van der Waals surface area contributed by atoms with Crippen molar-refractivity contribution in [1.29, 1.82) is 0 Å². The van der Waals surface area contributed by atoms with Gasteiger partial charge in [-0.2, -0.15) is 0 Å². The van der Waals surface area contributed by atoms with E-state index in [2.05, 4.69) is 4.98 Å². The Morgan fingerprint density at radius 1 is 1.31 bits per heavy atom. The van der Waals surface area contributed by atoms with Crippen molar-refractivity contribution in [2.75, 3.05) is 0 Å². The SMILES string of the molecule is CCn1cnc2cc(F)c(F)cc21. The Bertz CT molecular complexity index is 448. The molecule has 4 heteroatoms. The first kappa shape index (κ1) is 8.16. The molecule has 0 aliphatic carbocycles. The highest BCUT2D eigenvalue weighted by atomic mass is 19.2. The maximum atomic E-state index is 12.8. The van der Waals surface area contributed by atoms with E-state index in [9.17, 15) is 8.78 Å². The van der Waals surface area contributed by atoms with E-state index in [1.807, 2.05) is 6.92 Å². The summed E-state index contributed by atoms with van der Waals surface area (Å²) in [6.45, 7) is 2.62. The number of fused-ring (bicyclic) bond motifs is 1. The lowest BCUT2D eigenvalue weighted by Crippen LogP contribution is -1.92. The van der Waals surface area contributed by atoms with E-state index in [4.69, 9.17) is 0 Å². The van der Waals surface area contributed by atoms with Gasteiger partial charge >= 0.3 is 0 Å². The lowest BCUT2D eigenvalue weighted by atomic mass is 10.3. The minimum atomic E-state index is -0.853. The molecule has 13 heavy (non-hydrogen) atoms. The molecule has 0 bridgehead atoms. The Hall–Kier alpha value is -1.45. The first-order valence-electron chi connectivity index (χ1n) is 4.02. The number of imidazole rings is 1. The summed E-state index contributed by atoms with van der Waals surface area (Å²) in [4.78, 5) is 3.95. The molecule has 0 amide bonds. The van der Waals surface area contributed by atoms with Gasteiger partial charge in [-0.25, -0.2) is 13.8 Å². The molecule has 0 atom stereocenters. The molecular formula is C9H8F2N2. The third kappa shape index (κ3) is 1.18. The zero-order valence-corrected chi connectivity index (χ0v) is 7.09. The van der Waals surface area contributed by atoms with E-state index in [-0.39, 0.29) is 0 Å². The Labute approximate surface area is 73.8 Å². The van der Waals surface area contributed by atoms with E-state index in [0.717, 1.165) is 6.07 Å². The number of aromatic nitrogens is 2. The number of benzene rings is 1. The summed E-state index contributed by atoms with van der Waals surface area (Å²) < 4.78 is 27.3. The van der Waals surface area contributed by atoms with E-state index >= 15 is 0 Å². The van der Waals surface area contributed by atoms with Gasteiger partial charge in [-0.3, -0.25) is 0 Å². The van der Waals surface area contributed by atoms with E-state index < -0.39 is 11.6 Å². The molecule has 1 aromatic heterocycles. The van der Waals surface area contributed by atoms with Gasteiger partial charge in [-0.05, 0) is 6.92 Å². The number of rotatable bonds is 1. The van der Waals surface area contributed by atoms with Crippen LogP contribution in [-0.2, 0) is 6.54 Å². The summed E-state index contributed by atoms with van der Waals surface area (Å²) in [5, 5.41) is 0. The summed E-state index contributed by atoms with van der Waals surface area (Å²) in [6, 6.07) is 2.28. The molecule has 0 aliphatic heterocycles. The van der Waals surface area contributed by atoms with E-state index in [0.29, 0.717) is 17.6 Å². The Morgan fingerprint density at radius 2 is 2.00 bits per heavy atom. The van der Waals surface area contributed by atoms with Crippen molar-refractivity contribution < 1.29 is 8.78 Å². The van der Waals surface area contributed by atoms with Crippen LogP contribution in [0.2, 0.25) is 0 Å². The summed E-state index contributed by atoms with van der Waals surface area (Å²) in [5.74, 6) is -1.68. The van der Waals surface area contributed by atoms with Gasteiger partial charge in [0.2, 0.25) is 0 Å². The molecular weight excluding hydrogens is 174 g/mol. The first-order chi connectivity index (χ1) is 6.22. The number of halogens is 2. The summed E-state index contributed by atoms with van der Waals surface area (Å²) >= 11 is 0. The van der Waals surface area contributed by atoms with Crippen LogP contribution in [0.3, 0.4) is 0 Å². The molecule has 0 N–H and O–H groups in total. The highest BCUT2D eigenvalue weighted by Crippen LogP contribution is 2.16. The Kier molecular flexibility index (Phi) is 1.76. The second-order valence-electron chi connectivity index (χ2n) is 2.79. The second kappa shape index (κ2) is 2.80. The quantitative estimate of drug-likeness (QED) is 0.661. The van der Waals surface area contributed by atoms with Gasteiger partial charge in [0.25, 0.3) is 0 Å². The molecule has 2 aromatic rings. The monoisotopic (exact) mass is 182 g/mol. The first-order valence-corrected chi connectivity index (χ1v) is 4.02. The van der Waals surface area contributed by atoms with Crippen LogP contribution in [0.5, 0.6) is 0 Å². The van der Waals surface area contributed by atoms with Crippen molar-refractivity contribution in [1.82, 2.24) is 9.55 Å². The van der Waals surface area contributed by atoms with E-state index in [1.54, 1.807) is 10.9 Å². The van der Waals surface area contributed by atoms with Crippen molar-refractivity contribution in [3.63, 3.8) is 0 Å². The summed E-state index contributed by atoms with van der Waals surface area (Å²) in [7, 11) is 0. The zero-order chi connectivity index (χ0) is 9.42. The van der Waals surface area contributed by atoms with Crippen LogP contribution >= 0.6 is 0 Å². The van der Waals surface area contributed by atoms with E-state index in [1.165, 1.54) is 6.07 Å². The standard InChI is InChI=1S/C9H8F2N2/c1-2-13-5-12-8-3-6(10)7(11)4-9(8)13/h3-5H,2H2,1H3. The predicted molar refractivity (Wildman–Crippen MR) is 45.3 cm³/mol. The lowest BCUT2D eigenvalue weighted by Gasteiger charge is -1.98. The summed E-state index contributed by atoms with van der Waals surface area (Å²) in [6.07, 6.45) is 1.57. The minimum absolute atomic E-state index is 0.487. The molecule has 0 spiro atoms. The maximum absolute atomic E-state index is 12.8. The maximum Gasteiger partial charge on any atom is 0.161 e. The van der Waals surface area contributed by atoms with Gasteiger partial charge < -0.3 is 4.57 Å². The van der Waals surface area contributed by atoms with Crippen molar-refractivity contribution in [3.8, 4) is 0 Å². The highest BCUT2D eigenvalue weighted by Gasteiger charge is 2.07. The van der Waals surface area contributed by atoms with Gasteiger partial charge in [0, 0.05) is 18.7 Å². The van der Waals surface area contributed by atoms with Crippen molar-refractivity contribution in [3.05, 3.63) is 30.1 Å². The highest BCUT2D eigenvalue weighted by molar-refractivity contribution is 5.75. The van der Waals surface area contributed by atoms with Crippen LogP contribution in [0.1, 0.15) is 6.92 Å².